The summed E-state index contributed by atoms with van der Waals surface area (Å²) in [7, 11) is 0. The molecule has 0 unspecified atom stereocenters. The average molecular weight is 633 g/mol. The lowest BCUT2D eigenvalue weighted by atomic mass is 9.70. The van der Waals surface area contributed by atoms with Crippen LogP contribution in [0.1, 0.15) is 81.2 Å². The SMILES string of the molecule is CCC1(CC)c2ccccc2-c2cccc(-c3c4ccccc4c(-c4cccc5c4C(CC)(CC)c4ccccc4-5)c4cc(C)ccc34)c21. The highest BCUT2D eigenvalue weighted by atomic mass is 14.5. The van der Waals surface area contributed by atoms with Gasteiger partial charge in [-0.2, -0.15) is 0 Å². The van der Waals surface area contributed by atoms with Gasteiger partial charge in [0, 0.05) is 10.8 Å². The molecule has 7 aromatic rings. The van der Waals surface area contributed by atoms with Crippen LogP contribution < -0.4 is 0 Å². The smallest absolute Gasteiger partial charge is 0.0216 e. The van der Waals surface area contributed by atoms with Gasteiger partial charge in [0.15, 0.2) is 0 Å². The Bertz CT molecular complexity index is 2450. The molecule has 0 nitrogen and oxygen atoms in total. The minimum absolute atomic E-state index is 0.0206. The van der Waals surface area contributed by atoms with Gasteiger partial charge in [0.25, 0.3) is 0 Å². The van der Waals surface area contributed by atoms with Crippen molar-refractivity contribution in [3.63, 3.8) is 0 Å². The van der Waals surface area contributed by atoms with Crippen LogP contribution in [0, 0.1) is 6.92 Å². The molecule has 0 heterocycles. The zero-order valence-corrected chi connectivity index (χ0v) is 29.5. The van der Waals surface area contributed by atoms with E-state index in [4.69, 9.17) is 0 Å². The monoisotopic (exact) mass is 632 g/mol. The summed E-state index contributed by atoms with van der Waals surface area (Å²) in [6.07, 6.45) is 4.30. The van der Waals surface area contributed by atoms with Crippen LogP contribution in [0.2, 0.25) is 0 Å². The maximum Gasteiger partial charge on any atom is 0.0216 e. The van der Waals surface area contributed by atoms with Gasteiger partial charge < -0.3 is 0 Å². The van der Waals surface area contributed by atoms with Gasteiger partial charge in [-0.05, 0) is 121 Å². The van der Waals surface area contributed by atoms with Gasteiger partial charge in [0.1, 0.15) is 0 Å². The summed E-state index contributed by atoms with van der Waals surface area (Å²) in [5.74, 6) is 0. The van der Waals surface area contributed by atoms with E-state index in [1.54, 1.807) is 0 Å². The van der Waals surface area contributed by atoms with E-state index in [2.05, 4.69) is 162 Å². The minimum Gasteiger partial charge on any atom is -0.0642 e. The average Bonchev–Trinajstić information content (AvgIpc) is 3.62. The van der Waals surface area contributed by atoms with Crippen molar-refractivity contribution in [1.82, 2.24) is 0 Å². The van der Waals surface area contributed by atoms with Crippen molar-refractivity contribution in [2.75, 3.05) is 0 Å². The summed E-state index contributed by atoms with van der Waals surface area (Å²) in [6.45, 7) is 11.8. The Morgan fingerprint density at radius 3 is 1.24 bits per heavy atom. The number of hydrogen-bond donors (Lipinski definition) is 0. The van der Waals surface area contributed by atoms with Crippen molar-refractivity contribution in [2.45, 2.75) is 71.1 Å². The van der Waals surface area contributed by atoms with Crippen LogP contribution in [0.15, 0.2) is 127 Å². The first-order valence-electron chi connectivity index (χ1n) is 18.5. The molecule has 0 amide bonds. The van der Waals surface area contributed by atoms with E-state index < -0.39 is 0 Å². The molecule has 2 aliphatic rings. The first-order chi connectivity index (χ1) is 24.0. The van der Waals surface area contributed by atoms with Gasteiger partial charge >= 0.3 is 0 Å². The molecule has 0 atom stereocenters. The molecule has 0 saturated heterocycles. The highest BCUT2D eigenvalue weighted by Crippen LogP contribution is 2.59. The summed E-state index contributed by atoms with van der Waals surface area (Å²) in [6, 6.07) is 49.0. The quantitative estimate of drug-likeness (QED) is 0.160. The molecule has 0 heteroatoms. The maximum atomic E-state index is 2.46. The summed E-state index contributed by atoms with van der Waals surface area (Å²) in [5.41, 5.74) is 18.4. The molecule has 7 aromatic carbocycles. The fraction of sp³-hybridized carbons (Fsp3) is 0.224. The van der Waals surface area contributed by atoms with E-state index in [0.717, 1.165) is 25.7 Å². The second kappa shape index (κ2) is 11.0. The first-order valence-corrected chi connectivity index (χ1v) is 18.5. The van der Waals surface area contributed by atoms with Gasteiger partial charge in [0.05, 0.1) is 0 Å². The van der Waals surface area contributed by atoms with Crippen LogP contribution in [0.4, 0.5) is 0 Å². The summed E-state index contributed by atoms with van der Waals surface area (Å²) < 4.78 is 0. The molecule has 0 N–H and O–H groups in total. The Kier molecular flexibility index (Phi) is 6.79. The van der Waals surface area contributed by atoms with Crippen LogP contribution in [0.25, 0.3) is 66.1 Å². The third-order valence-electron chi connectivity index (χ3n) is 12.7. The number of fused-ring (bicyclic) bond motifs is 8. The third-order valence-corrected chi connectivity index (χ3v) is 12.7. The molecule has 240 valence electrons. The highest BCUT2D eigenvalue weighted by molar-refractivity contribution is 6.23. The topological polar surface area (TPSA) is 0 Å². The molecule has 9 rings (SSSR count). The molecule has 49 heavy (non-hydrogen) atoms. The molecular weight excluding hydrogens is 589 g/mol. The van der Waals surface area contributed by atoms with Crippen molar-refractivity contribution < 1.29 is 0 Å². The lowest BCUT2D eigenvalue weighted by molar-refractivity contribution is 0.491. The van der Waals surface area contributed by atoms with Gasteiger partial charge in [-0.3, -0.25) is 0 Å². The van der Waals surface area contributed by atoms with E-state index in [-0.39, 0.29) is 10.8 Å². The molecule has 0 bridgehead atoms. The molecule has 0 fully saturated rings. The molecule has 0 aromatic heterocycles. The third kappa shape index (κ3) is 3.86. The van der Waals surface area contributed by atoms with E-state index in [9.17, 15) is 0 Å². The normalized spacial score (nSPS) is 14.9. The van der Waals surface area contributed by atoms with Gasteiger partial charge in [-0.25, -0.2) is 0 Å². The van der Waals surface area contributed by atoms with Crippen LogP contribution in [0.3, 0.4) is 0 Å². The molecule has 0 aliphatic heterocycles. The number of hydrogen-bond acceptors (Lipinski definition) is 0. The van der Waals surface area contributed by atoms with Crippen LogP contribution in [-0.2, 0) is 10.8 Å². The lowest BCUT2D eigenvalue weighted by Gasteiger charge is -2.33. The summed E-state index contributed by atoms with van der Waals surface area (Å²) in [5, 5.41) is 5.38. The maximum absolute atomic E-state index is 2.46. The summed E-state index contributed by atoms with van der Waals surface area (Å²) >= 11 is 0. The van der Waals surface area contributed by atoms with Gasteiger partial charge in [-0.1, -0.05) is 161 Å². The van der Waals surface area contributed by atoms with E-state index >= 15 is 0 Å². The minimum atomic E-state index is -0.0215. The fourth-order valence-electron chi connectivity index (χ4n) is 10.4. The van der Waals surface area contributed by atoms with E-state index in [1.807, 2.05) is 0 Å². The van der Waals surface area contributed by atoms with Crippen molar-refractivity contribution in [3.05, 3.63) is 155 Å². The summed E-state index contributed by atoms with van der Waals surface area (Å²) in [4.78, 5) is 0. The zero-order valence-electron chi connectivity index (χ0n) is 29.5. The number of aryl methyl sites for hydroxylation is 1. The largest absolute Gasteiger partial charge is 0.0642 e. The Balaban J connectivity index is 1.43. The Morgan fingerprint density at radius 2 is 0.755 bits per heavy atom. The van der Waals surface area contributed by atoms with Crippen molar-refractivity contribution >= 4 is 21.5 Å². The number of rotatable bonds is 6. The highest BCUT2D eigenvalue weighted by Gasteiger charge is 2.44. The Hall–Kier alpha value is -4.94. The molecule has 0 saturated carbocycles. The molecule has 2 aliphatic carbocycles. The molecule has 0 radical (unpaired) electrons. The Labute approximate surface area is 291 Å². The van der Waals surface area contributed by atoms with Crippen LogP contribution >= 0.6 is 0 Å². The second-order valence-corrected chi connectivity index (χ2v) is 14.5. The van der Waals surface area contributed by atoms with Crippen molar-refractivity contribution in [2.24, 2.45) is 0 Å². The standard InChI is InChI=1S/C49H44/c1-6-48(7-2)42-26-14-12-18-32(42)37-22-16-24-39(46(37)48)44-34-20-10-11-21-35(34)45(41-30-31(5)28-29-36(41)44)40-25-17-23-38-33-19-13-15-27-43(33)49(8-3,9-4)47(38)40/h10-30H,6-9H2,1-5H3. The fourth-order valence-corrected chi connectivity index (χ4v) is 10.4. The van der Waals surface area contributed by atoms with Gasteiger partial charge in [0.2, 0.25) is 0 Å². The predicted molar refractivity (Wildman–Crippen MR) is 211 cm³/mol. The van der Waals surface area contributed by atoms with Crippen LogP contribution in [0.5, 0.6) is 0 Å². The Morgan fingerprint density at radius 1 is 0.367 bits per heavy atom. The molecular formula is C49H44. The zero-order chi connectivity index (χ0) is 33.5. The van der Waals surface area contributed by atoms with Crippen molar-refractivity contribution in [1.29, 1.82) is 0 Å². The first kappa shape index (κ1) is 30.1. The van der Waals surface area contributed by atoms with E-state index in [1.165, 1.54) is 93.9 Å². The predicted octanol–water partition coefficient (Wildman–Crippen LogP) is 13.8. The number of benzene rings is 7. The molecule has 0 spiro atoms. The van der Waals surface area contributed by atoms with Crippen LogP contribution in [-0.4, -0.2) is 0 Å². The van der Waals surface area contributed by atoms with E-state index in [0.29, 0.717) is 0 Å². The lowest BCUT2D eigenvalue weighted by Crippen LogP contribution is -2.24. The second-order valence-electron chi connectivity index (χ2n) is 14.5. The van der Waals surface area contributed by atoms with Gasteiger partial charge in [-0.15, -0.1) is 0 Å². The van der Waals surface area contributed by atoms with Crippen molar-refractivity contribution in [3.8, 4) is 44.5 Å².